The smallest absolute Gasteiger partial charge is 0.206 e. The maximum atomic E-state index is 13.4. The zero-order chi connectivity index (χ0) is 14.8. The minimum atomic E-state index is -4.51. The van der Waals surface area contributed by atoms with E-state index in [1.807, 2.05) is 0 Å². The Morgan fingerprint density at radius 1 is 0.750 bits per heavy atom. The molecule has 2 rings (SSSR count). The van der Waals surface area contributed by atoms with Crippen LogP contribution in [0, 0.1) is 5.82 Å². The molecule has 0 fully saturated rings. The van der Waals surface area contributed by atoms with E-state index >= 15 is 0 Å². The molecule has 106 valence electrons. The molecule has 8 heteroatoms. The van der Waals surface area contributed by atoms with Gasteiger partial charge in [-0.2, -0.15) is 0 Å². The fraction of sp³-hybridized carbons (Fsp3) is 0. The van der Waals surface area contributed by atoms with E-state index in [2.05, 4.69) is 0 Å². The fourth-order valence-corrected chi connectivity index (χ4v) is 4.50. The third kappa shape index (κ3) is 3.03. The number of sulfonamides is 2. The van der Waals surface area contributed by atoms with Crippen LogP contribution in [0.3, 0.4) is 0 Å². The van der Waals surface area contributed by atoms with E-state index in [4.69, 9.17) is 0 Å². The average Bonchev–Trinajstić information content (AvgIpc) is 2.39. The molecule has 2 aromatic carbocycles. The summed E-state index contributed by atoms with van der Waals surface area (Å²) in [5.41, 5.74) is 0. The van der Waals surface area contributed by atoms with Gasteiger partial charge in [0, 0.05) is 0 Å². The third-order valence-electron chi connectivity index (χ3n) is 2.40. The van der Waals surface area contributed by atoms with Crippen LogP contribution in [0.1, 0.15) is 0 Å². The Morgan fingerprint density at radius 3 is 1.90 bits per heavy atom. The van der Waals surface area contributed by atoms with E-state index < -0.39 is 30.8 Å². The largest absolute Gasteiger partial charge is 0.256 e. The molecule has 0 unspecified atom stereocenters. The summed E-state index contributed by atoms with van der Waals surface area (Å²) in [5, 5.41) is 0. The molecule has 1 N–H and O–H groups in total. The van der Waals surface area contributed by atoms with Crippen molar-refractivity contribution in [3.63, 3.8) is 0 Å². The van der Waals surface area contributed by atoms with Crippen LogP contribution in [0.4, 0.5) is 4.39 Å². The average molecular weight is 315 g/mol. The maximum absolute atomic E-state index is 13.4. The number of hydrogen-bond donors (Lipinski definition) is 1. The van der Waals surface area contributed by atoms with Crippen molar-refractivity contribution < 1.29 is 21.2 Å². The molecule has 5 nitrogen and oxygen atoms in total. The highest BCUT2D eigenvalue weighted by molar-refractivity contribution is 8.04. The van der Waals surface area contributed by atoms with E-state index in [0.29, 0.717) is 0 Å². The van der Waals surface area contributed by atoms with Gasteiger partial charge in [0.1, 0.15) is 10.7 Å². The Morgan fingerprint density at radius 2 is 1.30 bits per heavy atom. The summed E-state index contributed by atoms with van der Waals surface area (Å²) >= 11 is 0. The number of benzene rings is 2. The molecule has 0 aliphatic heterocycles. The van der Waals surface area contributed by atoms with Gasteiger partial charge >= 0.3 is 0 Å². The normalized spacial score (nSPS) is 12.2. The molecule has 0 aromatic heterocycles. The quantitative estimate of drug-likeness (QED) is 0.927. The van der Waals surface area contributed by atoms with Crippen molar-refractivity contribution in [1.29, 1.82) is 0 Å². The maximum Gasteiger partial charge on any atom is 0.256 e. The lowest BCUT2D eigenvalue weighted by Gasteiger charge is -2.08. The molecule has 0 bridgehead atoms. The topological polar surface area (TPSA) is 80.3 Å². The van der Waals surface area contributed by atoms with Crippen LogP contribution in [0.25, 0.3) is 0 Å². The number of hydrogen-bond acceptors (Lipinski definition) is 4. The van der Waals surface area contributed by atoms with E-state index in [0.717, 1.165) is 12.1 Å². The van der Waals surface area contributed by atoms with Gasteiger partial charge in [0.2, 0.25) is 0 Å². The van der Waals surface area contributed by atoms with Crippen molar-refractivity contribution in [1.82, 2.24) is 4.13 Å². The van der Waals surface area contributed by atoms with Gasteiger partial charge < -0.3 is 0 Å². The monoisotopic (exact) mass is 315 g/mol. The fourth-order valence-electron chi connectivity index (χ4n) is 1.50. The molecular formula is C12H10FNO4S2. The molecule has 0 amide bonds. The molecular weight excluding hydrogens is 305 g/mol. The van der Waals surface area contributed by atoms with Crippen molar-refractivity contribution in [2.75, 3.05) is 0 Å². The summed E-state index contributed by atoms with van der Waals surface area (Å²) in [7, 11) is -8.80. The number of rotatable bonds is 4. The Kier molecular flexibility index (Phi) is 3.89. The van der Waals surface area contributed by atoms with Gasteiger partial charge in [0.25, 0.3) is 20.0 Å². The van der Waals surface area contributed by atoms with Gasteiger partial charge in [0.15, 0.2) is 0 Å². The highest BCUT2D eigenvalue weighted by Crippen LogP contribution is 2.16. The van der Waals surface area contributed by atoms with E-state index in [1.165, 1.54) is 40.5 Å². The SMILES string of the molecule is O=S(=O)(NS(=O)(=O)c1ccccc1F)c1ccccc1. The molecule has 0 aliphatic rings. The van der Waals surface area contributed by atoms with Gasteiger partial charge in [-0.3, -0.25) is 0 Å². The second-order valence-electron chi connectivity index (χ2n) is 3.83. The van der Waals surface area contributed by atoms with Gasteiger partial charge in [-0.05, 0) is 24.3 Å². The van der Waals surface area contributed by atoms with Gasteiger partial charge in [0.05, 0.1) is 4.90 Å². The first-order valence-electron chi connectivity index (χ1n) is 5.41. The van der Waals surface area contributed by atoms with Crippen molar-refractivity contribution in [3.8, 4) is 0 Å². The highest BCUT2D eigenvalue weighted by atomic mass is 32.3. The minimum absolute atomic E-state index is 0.222. The first-order chi connectivity index (χ1) is 9.33. The van der Waals surface area contributed by atoms with Gasteiger partial charge in [-0.15, -0.1) is 4.13 Å². The summed E-state index contributed by atoms with van der Waals surface area (Å²) in [5.74, 6) is -1.02. The van der Waals surface area contributed by atoms with Crippen LogP contribution < -0.4 is 4.13 Å². The predicted octanol–water partition coefficient (Wildman–Crippen LogP) is 1.49. The summed E-state index contributed by atoms with van der Waals surface area (Å²) in [6.45, 7) is 0. The summed E-state index contributed by atoms with van der Waals surface area (Å²) in [6.07, 6.45) is 0. The van der Waals surface area contributed by atoms with Crippen molar-refractivity contribution in [3.05, 3.63) is 60.4 Å². The first-order valence-corrected chi connectivity index (χ1v) is 8.38. The molecule has 2 aromatic rings. The lowest BCUT2D eigenvalue weighted by Crippen LogP contribution is -2.31. The minimum Gasteiger partial charge on any atom is -0.206 e. The second kappa shape index (κ2) is 5.31. The molecule has 0 saturated heterocycles. The molecule has 0 saturated carbocycles. The number of nitrogens with one attached hydrogen (secondary N) is 1. The van der Waals surface area contributed by atoms with Crippen LogP contribution in [-0.4, -0.2) is 16.8 Å². The molecule has 0 spiro atoms. The van der Waals surface area contributed by atoms with Crippen LogP contribution >= 0.6 is 0 Å². The highest BCUT2D eigenvalue weighted by Gasteiger charge is 2.26. The third-order valence-corrected chi connectivity index (χ3v) is 5.96. The number of halogens is 1. The lowest BCUT2D eigenvalue weighted by atomic mass is 10.4. The molecule has 0 atom stereocenters. The first kappa shape index (κ1) is 14.6. The summed E-state index contributed by atoms with van der Waals surface area (Å²) < 4.78 is 62.6. The van der Waals surface area contributed by atoms with E-state index in [9.17, 15) is 21.2 Å². The lowest BCUT2D eigenvalue weighted by molar-refractivity contribution is 0.560. The Hall–Kier alpha value is -1.77. The predicted molar refractivity (Wildman–Crippen MR) is 70.3 cm³/mol. The Balaban J connectivity index is 2.42. The van der Waals surface area contributed by atoms with Crippen LogP contribution in [0.5, 0.6) is 0 Å². The second-order valence-corrected chi connectivity index (χ2v) is 7.43. The zero-order valence-electron chi connectivity index (χ0n) is 10.0. The molecule has 20 heavy (non-hydrogen) atoms. The Labute approximate surface area is 116 Å². The van der Waals surface area contributed by atoms with Crippen LogP contribution in [-0.2, 0) is 20.0 Å². The van der Waals surface area contributed by atoms with Crippen molar-refractivity contribution in [2.24, 2.45) is 0 Å². The van der Waals surface area contributed by atoms with Crippen molar-refractivity contribution >= 4 is 20.0 Å². The summed E-state index contributed by atoms with van der Waals surface area (Å²) in [4.78, 5) is -0.945. The molecule has 0 heterocycles. The van der Waals surface area contributed by atoms with Gasteiger partial charge in [-0.25, -0.2) is 21.2 Å². The standard InChI is InChI=1S/C12H10FNO4S2/c13-11-8-4-5-9-12(11)20(17,18)14-19(15,16)10-6-2-1-3-7-10/h1-9,14H. The molecule has 0 aliphatic carbocycles. The van der Waals surface area contributed by atoms with Crippen LogP contribution in [0.2, 0.25) is 0 Å². The van der Waals surface area contributed by atoms with Crippen LogP contribution in [0.15, 0.2) is 64.4 Å². The zero-order valence-corrected chi connectivity index (χ0v) is 11.7. The molecule has 0 radical (unpaired) electrons. The van der Waals surface area contributed by atoms with Crippen molar-refractivity contribution in [2.45, 2.75) is 9.79 Å². The van der Waals surface area contributed by atoms with Gasteiger partial charge in [-0.1, -0.05) is 30.3 Å². The van der Waals surface area contributed by atoms with E-state index in [-0.39, 0.29) is 4.90 Å². The Bertz CT molecular complexity index is 818. The summed E-state index contributed by atoms with van der Waals surface area (Å²) in [6, 6.07) is 11.5. The van der Waals surface area contributed by atoms with E-state index in [1.54, 1.807) is 6.07 Å².